The highest BCUT2D eigenvalue weighted by Gasteiger charge is 2.39. The molecule has 1 aromatic heterocycles. The molecule has 7 nitrogen and oxygen atoms in total. The van der Waals surface area contributed by atoms with Gasteiger partial charge in [0.1, 0.15) is 10.9 Å². The number of hydrogen-bond donors (Lipinski definition) is 1. The zero-order chi connectivity index (χ0) is 17.4. The number of aromatic nitrogens is 1. The first kappa shape index (κ1) is 15.8. The maximum absolute atomic E-state index is 12.7. The number of anilines is 1. The molecule has 2 aromatic rings. The summed E-state index contributed by atoms with van der Waals surface area (Å²) in [7, 11) is -3.70. The van der Waals surface area contributed by atoms with Crippen molar-refractivity contribution < 1.29 is 13.2 Å². The van der Waals surface area contributed by atoms with E-state index in [2.05, 4.69) is 14.7 Å². The average molecular weight is 356 g/mol. The molecule has 8 heteroatoms. The third-order valence-electron chi connectivity index (χ3n) is 4.37. The first-order chi connectivity index (χ1) is 12.1. The molecule has 1 N–H and O–H groups in total. The lowest BCUT2D eigenvalue weighted by molar-refractivity contribution is -0.119. The van der Waals surface area contributed by atoms with E-state index in [0.29, 0.717) is 30.1 Å². The minimum absolute atomic E-state index is 0.185. The number of carbonyl (C=O) groups is 1. The van der Waals surface area contributed by atoms with E-state index < -0.39 is 16.1 Å². The minimum atomic E-state index is -3.70. The smallest absolute Gasteiger partial charge is 0.285 e. The monoisotopic (exact) mass is 356 g/mol. The summed E-state index contributed by atoms with van der Waals surface area (Å²) < 4.78 is 28.5. The topological polar surface area (TPSA) is 91.7 Å². The van der Waals surface area contributed by atoms with Crippen LogP contribution in [0.15, 0.2) is 58.1 Å². The Bertz CT molecular complexity index is 957. The number of amidine groups is 1. The van der Waals surface area contributed by atoms with Gasteiger partial charge >= 0.3 is 0 Å². The number of fused-ring (bicyclic) bond motifs is 1. The predicted molar refractivity (Wildman–Crippen MR) is 92.8 cm³/mol. The molecule has 0 unspecified atom stereocenters. The van der Waals surface area contributed by atoms with E-state index in [1.165, 1.54) is 0 Å². The van der Waals surface area contributed by atoms with Crippen molar-refractivity contribution in [3.05, 3.63) is 54.4 Å². The number of nitrogens with one attached hydrogen (secondary N) is 1. The molecule has 2 aliphatic heterocycles. The average Bonchev–Trinajstić information content (AvgIpc) is 3.19. The molecule has 128 valence electrons. The normalized spacial score (nSPS) is 20.9. The molecule has 0 spiro atoms. The summed E-state index contributed by atoms with van der Waals surface area (Å²) >= 11 is 0. The van der Waals surface area contributed by atoms with Crippen molar-refractivity contribution in [3.63, 3.8) is 0 Å². The van der Waals surface area contributed by atoms with Gasteiger partial charge in [-0.25, -0.2) is 0 Å². The predicted octanol–water partition coefficient (Wildman–Crippen LogP) is 1.63. The molecular weight excluding hydrogens is 340 g/mol. The highest BCUT2D eigenvalue weighted by molar-refractivity contribution is 7.90. The van der Waals surface area contributed by atoms with Crippen molar-refractivity contribution in [2.75, 3.05) is 11.9 Å². The Morgan fingerprint density at radius 3 is 2.84 bits per heavy atom. The largest absolute Gasteiger partial charge is 0.343 e. The van der Waals surface area contributed by atoms with Crippen LogP contribution in [-0.2, 0) is 14.8 Å². The second-order valence-corrected chi connectivity index (χ2v) is 7.54. The summed E-state index contributed by atoms with van der Waals surface area (Å²) in [5, 5.41) is 2.83. The Morgan fingerprint density at radius 1 is 1.20 bits per heavy atom. The summed E-state index contributed by atoms with van der Waals surface area (Å²) in [4.78, 5) is 18.6. The minimum Gasteiger partial charge on any atom is -0.343 e. The summed E-state index contributed by atoms with van der Waals surface area (Å²) in [5.41, 5.74) is 1.17. The van der Waals surface area contributed by atoms with Gasteiger partial charge in [-0.05, 0) is 37.1 Å². The van der Waals surface area contributed by atoms with Crippen LogP contribution < -0.4 is 5.32 Å². The Labute approximate surface area is 145 Å². The lowest BCUT2D eigenvalue weighted by Crippen LogP contribution is -2.43. The van der Waals surface area contributed by atoms with Crippen LogP contribution in [0.25, 0.3) is 0 Å². The van der Waals surface area contributed by atoms with Crippen LogP contribution in [-0.4, -0.2) is 42.6 Å². The number of pyridine rings is 1. The van der Waals surface area contributed by atoms with Gasteiger partial charge in [0.05, 0.1) is 11.9 Å². The number of hydrogen-bond acceptors (Lipinski definition) is 5. The summed E-state index contributed by atoms with van der Waals surface area (Å²) in [6.45, 7) is 0.591. The van der Waals surface area contributed by atoms with Gasteiger partial charge < -0.3 is 10.2 Å². The first-order valence-electron chi connectivity index (χ1n) is 7.98. The highest BCUT2D eigenvalue weighted by Crippen LogP contribution is 2.31. The van der Waals surface area contributed by atoms with Crippen LogP contribution in [0.2, 0.25) is 0 Å². The molecule has 3 heterocycles. The molecule has 4 rings (SSSR count). The van der Waals surface area contributed by atoms with Gasteiger partial charge in [0, 0.05) is 18.3 Å². The van der Waals surface area contributed by atoms with Crippen LogP contribution in [0.3, 0.4) is 0 Å². The standard InChI is InChI=1S/C17H16N4O3S/c22-17(19-12-5-3-9-18-11-12)14-7-4-10-21(14)16-13-6-1-2-8-15(13)25(23,24)20-16/h1-3,5-6,8-9,11,14H,4,7,10H2,(H,19,22)/t14-/m0/s1. The molecule has 2 aliphatic rings. The zero-order valence-electron chi connectivity index (χ0n) is 13.3. The maximum atomic E-state index is 12.7. The highest BCUT2D eigenvalue weighted by atomic mass is 32.2. The van der Waals surface area contributed by atoms with Gasteiger partial charge in [0.15, 0.2) is 5.84 Å². The number of benzene rings is 1. The Morgan fingerprint density at radius 2 is 2.04 bits per heavy atom. The lowest BCUT2D eigenvalue weighted by Gasteiger charge is -2.25. The van der Waals surface area contributed by atoms with Gasteiger partial charge in [-0.1, -0.05) is 12.1 Å². The number of sulfonamides is 1. The fourth-order valence-corrected chi connectivity index (χ4v) is 4.47. The Hall–Kier alpha value is -2.74. The maximum Gasteiger partial charge on any atom is 0.285 e. The van der Waals surface area contributed by atoms with E-state index >= 15 is 0 Å². The fraction of sp³-hybridized carbons (Fsp3) is 0.235. The van der Waals surface area contributed by atoms with Crippen molar-refractivity contribution in [3.8, 4) is 0 Å². The second-order valence-electron chi connectivity index (χ2n) is 5.97. The van der Waals surface area contributed by atoms with Crippen molar-refractivity contribution in [1.29, 1.82) is 0 Å². The summed E-state index contributed by atoms with van der Waals surface area (Å²) in [5.74, 6) is 0.175. The van der Waals surface area contributed by atoms with Crippen molar-refractivity contribution in [2.45, 2.75) is 23.8 Å². The zero-order valence-corrected chi connectivity index (χ0v) is 14.1. The number of amides is 1. The molecule has 1 atom stereocenters. The molecule has 0 bridgehead atoms. The van der Waals surface area contributed by atoms with Gasteiger partial charge in [-0.2, -0.15) is 8.42 Å². The van der Waals surface area contributed by atoms with E-state index in [1.807, 2.05) is 0 Å². The molecule has 1 amide bonds. The van der Waals surface area contributed by atoms with Crippen LogP contribution in [0.4, 0.5) is 5.69 Å². The lowest BCUT2D eigenvalue weighted by atomic mass is 10.1. The summed E-state index contributed by atoms with van der Waals surface area (Å²) in [6, 6.07) is 9.76. The first-order valence-corrected chi connectivity index (χ1v) is 9.42. The van der Waals surface area contributed by atoms with E-state index in [4.69, 9.17) is 0 Å². The molecule has 1 aromatic carbocycles. The third-order valence-corrected chi connectivity index (χ3v) is 5.69. The van der Waals surface area contributed by atoms with Gasteiger partial charge in [-0.15, -0.1) is 4.40 Å². The number of carbonyl (C=O) groups excluding carboxylic acids is 1. The Balaban J connectivity index is 1.64. The molecule has 25 heavy (non-hydrogen) atoms. The van der Waals surface area contributed by atoms with Crippen LogP contribution in [0, 0.1) is 0 Å². The van der Waals surface area contributed by atoms with Crippen LogP contribution >= 0.6 is 0 Å². The number of likely N-dealkylation sites (tertiary alicyclic amines) is 1. The van der Waals surface area contributed by atoms with Crippen LogP contribution in [0.1, 0.15) is 18.4 Å². The molecule has 1 saturated heterocycles. The molecule has 0 saturated carbocycles. The van der Waals surface area contributed by atoms with E-state index in [-0.39, 0.29) is 10.8 Å². The summed E-state index contributed by atoms with van der Waals surface area (Å²) in [6.07, 6.45) is 4.65. The molecule has 1 fully saturated rings. The van der Waals surface area contributed by atoms with Crippen molar-refractivity contribution in [1.82, 2.24) is 9.88 Å². The number of rotatable bonds is 2. The van der Waals surface area contributed by atoms with Crippen molar-refractivity contribution in [2.24, 2.45) is 4.40 Å². The Kier molecular flexibility index (Phi) is 3.76. The van der Waals surface area contributed by atoms with E-state index in [0.717, 1.165) is 6.42 Å². The van der Waals surface area contributed by atoms with Gasteiger partial charge in [0.25, 0.3) is 10.0 Å². The van der Waals surface area contributed by atoms with Crippen LogP contribution in [0.5, 0.6) is 0 Å². The molecular formula is C17H16N4O3S. The number of nitrogens with zero attached hydrogens (tertiary/aromatic N) is 3. The second kappa shape index (κ2) is 5.96. The molecule has 0 radical (unpaired) electrons. The third kappa shape index (κ3) is 2.78. The quantitative estimate of drug-likeness (QED) is 0.883. The SMILES string of the molecule is O=C(Nc1cccnc1)[C@@H]1CCCN1C1=NS(=O)(=O)c2ccccc21. The van der Waals surface area contributed by atoms with E-state index in [9.17, 15) is 13.2 Å². The van der Waals surface area contributed by atoms with E-state index in [1.54, 1.807) is 53.7 Å². The fourth-order valence-electron chi connectivity index (χ4n) is 3.25. The van der Waals surface area contributed by atoms with Gasteiger partial charge in [-0.3, -0.25) is 9.78 Å². The molecule has 0 aliphatic carbocycles. The van der Waals surface area contributed by atoms with Crippen molar-refractivity contribution >= 4 is 27.5 Å². The van der Waals surface area contributed by atoms with Gasteiger partial charge in [0.2, 0.25) is 5.91 Å².